The number of likely N-dealkylation sites (N-methyl/N-ethyl adjacent to an activating group) is 1. The number of likely N-dealkylation sites (tertiary alicyclic amines) is 1. The molecule has 158 valence electrons. The van der Waals surface area contributed by atoms with E-state index in [0.717, 1.165) is 33.4 Å². The fourth-order valence-corrected chi connectivity index (χ4v) is 6.16. The highest BCUT2D eigenvalue weighted by Crippen LogP contribution is 2.65. The number of nitrogens with zero attached hydrogens (tertiary/aromatic N) is 5. The fourth-order valence-electron chi connectivity index (χ4n) is 5.89. The van der Waals surface area contributed by atoms with E-state index < -0.39 is 16.9 Å². The summed E-state index contributed by atoms with van der Waals surface area (Å²) < 4.78 is 0. The fraction of sp³-hybridized carbons (Fsp3) is 0.185. The Morgan fingerprint density at radius 3 is 2.27 bits per heavy atom. The predicted octanol–water partition coefficient (Wildman–Crippen LogP) is 5.27. The average Bonchev–Trinajstić information content (AvgIpc) is 3.29. The molecule has 2 heterocycles. The van der Waals surface area contributed by atoms with Crippen molar-refractivity contribution in [3.8, 4) is 23.4 Å². The maximum absolute atomic E-state index is 10.8. The van der Waals surface area contributed by atoms with E-state index in [1.807, 2.05) is 79.8 Å². The van der Waals surface area contributed by atoms with E-state index in [9.17, 15) is 10.5 Å². The molecule has 6 rings (SSSR count). The Bertz CT molecular complexity index is 1520. The maximum atomic E-state index is 10.8. The zero-order chi connectivity index (χ0) is 22.8. The van der Waals surface area contributed by atoms with Crippen LogP contribution >= 0.6 is 11.6 Å². The van der Waals surface area contributed by atoms with E-state index >= 15 is 0 Å². The number of rotatable bonds is 1. The first-order chi connectivity index (χ1) is 16.1. The molecule has 2 aliphatic rings. The first-order valence-corrected chi connectivity index (χ1v) is 11.1. The second-order valence-corrected chi connectivity index (χ2v) is 9.06. The smallest absolute Gasteiger partial charge is 0.179 e. The van der Waals surface area contributed by atoms with Gasteiger partial charge in [-0.25, -0.2) is 9.97 Å². The van der Waals surface area contributed by atoms with E-state index in [1.54, 1.807) is 0 Å². The number of aromatic nitrogens is 2. The number of hydrogen-bond acceptors (Lipinski definition) is 5. The van der Waals surface area contributed by atoms with Gasteiger partial charge in [0.25, 0.3) is 0 Å². The third kappa shape index (κ3) is 2.28. The van der Waals surface area contributed by atoms with Gasteiger partial charge in [-0.1, -0.05) is 66.2 Å². The minimum Gasteiger partial charge on any atom is -0.289 e. The topological polar surface area (TPSA) is 76.6 Å². The van der Waals surface area contributed by atoms with Crippen molar-refractivity contribution in [1.29, 1.82) is 10.5 Å². The quantitative estimate of drug-likeness (QED) is 0.397. The molecule has 6 heteroatoms. The van der Waals surface area contributed by atoms with E-state index in [-0.39, 0.29) is 0 Å². The molecule has 1 spiro atoms. The summed E-state index contributed by atoms with van der Waals surface area (Å²) in [7, 11) is 1.96. The third-order valence-electron chi connectivity index (χ3n) is 7.24. The summed E-state index contributed by atoms with van der Waals surface area (Å²) in [4.78, 5) is 12.1. The second-order valence-electron chi connectivity index (χ2n) is 8.65. The van der Waals surface area contributed by atoms with E-state index in [2.05, 4.69) is 17.0 Å². The second kappa shape index (κ2) is 6.86. The first-order valence-electron chi connectivity index (χ1n) is 10.7. The molecule has 2 atom stereocenters. The van der Waals surface area contributed by atoms with Crippen LogP contribution in [0, 0.1) is 28.1 Å². The summed E-state index contributed by atoms with van der Waals surface area (Å²) in [5.74, 6) is -0.432. The molecule has 33 heavy (non-hydrogen) atoms. The van der Waals surface area contributed by atoms with Crippen molar-refractivity contribution in [3.63, 3.8) is 0 Å². The molecule has 0 unspecified atom stereocenters. The highest BCUT2D eigenvalue weighted by molar-refractivity contribution is 6.31. The lowest BCUT2D eigenvalue weighted by Crippen LogP contribution is -2.49. The Kier molecular flexibility index (Phi) is 4.13. The van der Waals surface area contributed by atoms with Gasteiger partial charge in [-0.15, -0.1) is 0 Å². The monoisotopic (exact) mass is 447 g/mol. The van der Waals surface area contributed by atoms with Crippen LogP contribution in [-0.2, 0) is 5.54 Å². The van der Waals surface area contributed by atoms with Crippen molar-refractivity contribution in [2.24, 2.45) is 5.41 Å². The van der Waals surface area contributed by atoms with Crippen LogP contribution in [0.25, 0.3) is 22.3 Å². The van der Waals surface area contributed by atoms with Gasteiger partial charge in [0.2, 0.25) is 0 Å². The summed E-state index contributed by atoms with van der Waals surface area (Å²) >= 11 is 6.60. The predicted molar refractivity (Wildman–Crippen MR) is 126 cm³/mol. The van der Waals surface area contributed by atoms with Gasteiger partial charge < -0.3 is 0 Å². The summed E-state index contributed by atoms with van der Waals surface area (Å²) in [6.07, 6.45) is 0. The Hall–Kier alpha value is -3.77. The van der Waals surface area contributed by atoms with Crippen LogP contribution < -0.4 is 0 Å². The standard InChI is InChI=1S/C27H18ClN5/c1-33-14-20(17-8-3-5-11-21(17)28)26(15-29,16-30)27(33)19-10-4-2-9-18(19)24-25(27)32-23-13-7-6-12-22(23)31-24/h2-13,20H,14H2,1H3/t20-,27-/m1/s1. The van der Waals surface area contributed by atoms with Crippen LogP contribution in [0.2, 0.25) is 5.02 Å². The number of benzene rings is 3. The number of para-hydroxylation sites is 2. The molecular weight excluding hydrogens is 430 g/mol. The van der Waals surface area contributed by atoms with Crippen molar-refractivity contribution in [3.05, 3.63) is 94.6 Å². The number of hydrogen-bond donors (Lipinski definition) is 0. The molecule has 1 aliphatic heterocycles. The van der Waals surface area contributed by atoms with Gasteiger partial charge in [0.15, 0.2) is 5.41 Å². The molecular formula is C27H18ClN5. The van der Waals surface area contributed by atoms with Crippen molar-refractivity contribution < 1.29 is 0 Å². The number of nitriles is 2. The van der Waals surface area contributed by atoms with Crippen LogP contribution in [0.3, 0.4) is 0 Å². The van der Waals surface area contributed by atoms with Gasteiger partial charge in [-0.2, -0.15) is 10.5 Å². The summed E-state index contributed by atoms with van der Waals surface area (Å²) in [6, 6.07) is 28.0. The zero-order valence-corrected chi connectivity index (χ0v) is 18.6. The first kappa shape index (κ1) is 19.9. The lowest BCUT2D eigenvalue weighted by Gasteiger charge is -2.40. The number of halogens is 1. The van der Waals surface area contributed by atoms with Gasteiger partial charge in [0, 0.05) is 23.0 Å². The SMILES string of the molecule is CN1C[C@H](c2ccccc2Cl)C(C#N)(C#N)[C@]12c1ccccc1-c1nc3ccccc3nc12. The van der Waals surface area contributed by atoms with Gasteiger partial charge in [0.1, 0.15) is 5.54 Å². The molecule has 0 saturated carbocycles. The molecule has 1 aromatic heterocycles. The van der Waals surface area contributed by atoms with Crippen LogP contribution in [-0.4, -0.2) is 28.5 Å². The summed E-state index contributed by atoms with van der Waals surface area (Å²) in [5.41, 5.74) is 2.95. The van der Waals surface area contributed by atoms with Crippen molar-refractivity contribution in [2.45, 2.75) is 11.5 Å². The van der Waals surface area contributed by atoms with Crippen LogP contribution in [0.4, 0.5) is 0 Å². The molecule has 3 aromatic carbocycles. The minimum absolute atomic E-state index is 0.432. The Morgan fingerprint density at radius 2 is 1.55 bits per heavy atom. The van der Waals surface area contributed by atoms with Crippen LogP contribution in [0.1, 0.15) is 22.7 Å². The summed E-state index contributed by atoms with van der Waals surface area (Å²) in [5, 5.41) is 22.1. The molecule has 0 bridgehead atoms. The highest BCUT2D eigenvalue weighted by atomic mass is 35.5. The molecule has 0 N–H and O–H groups in total. The zero-order valence-electron chi connectivity index (χ0n) is 17.8. The number of fused-ring (bicyclic) bond motifs is 6. The van der Waals surface area contributed by atoms with Crippen molar-refractivity contribution in [2.75, 3.05) is 13.6 Å². The molecule has 1 aliphatic carbocycles. The molecule has 0 amide bonds. The summed E-state index contributed by atoms with van der Waals surface area (Å²) in [6.45, 7) is 0.479. The van der Waals surface area contributed by atoms with Crippen molar-refractivity contribution in [1.82, 2.24) is 14.9 Å². The molecule has 1 saturated heterocycles. The van der Waals surface area contributed by atoms with Crippen LogP contribution in [0.15, 0.2) is 72.8 Å². The average molecular weight is 448 g/mol. The van der Waals surface area contributed by atoms with E-state index in [0.29, 0.717) is 17.3 Å². The minimum atomic E-state index is -1.47. The van der Waals surface area contributed by atoms with E-state index in [4.69, 9.17) is 21.6 Å². The highest BCUT2D eigenvalue weighted by Gasteiger charge is 2.71. The largest absolute Gasteiger partial charge is 0.289 e. The Balaban J connectivity index is 1.75. The third-order valence-corrected chi connectivity index (χ3v) is 7.59. The van der Waals surface area contributed by atoms with Crippen LogP contribution in [0.5, 0.6) is 0 Å². The molecule has 0 radical (unpaired) electrons. The molecule has 1 fully saturated rings. The van der Waals surface area contributed by atoms with Crippen molar-refractivity contribution >= 4 is 22.6 Å². The Labute approximate surface area is 196 Å². The van der Waals surface area contributed by atoms with Gasteiger partial charge >= 0.3 is 0 Å². The maximum Gasteiger partial charge on any atom is 0.179 e. The van der Waals surface area contributed by atoms with Gasteiger partial charge in [-0.05, 0) is 36.4 Å². The lowest BCUT2D eigenvalue weighted by atomic mass is 9.62. The Morgan fingerprint density at radius 1 is 0.909 bits per heavy atom. The normalized spacial score (nSPS) is 22.6. The molecule has 5 nitrogen and oxygen atoms in total. The van der Waals surface area contributed by atoms with Gasteiger partial charge in [0.05, 0.1) is 34.6 Å². The molecule has 4 aromatic rings. The lowest BCUT2D eigenvalue weighted by molar-refractivity contribution is 0.165. The van der Waals surface area contributed by atoms with E-state index in [1.165, 1.54) is 0 Å². The van der Waals surface area contributed by atoms with Gasteiger partial charge in [-0.3, -0.25) is 4.90 Å².